The maximum atomic E-state index is 11.7. The smallest absolute Gasteiger partial charge is 0.163 e. The fourth-order valence-corrected chi connectivity index (χ4v) is 1.96. The van der Waals surface area contributed by atoms with Crippen molar-refractivity contribution in [1.29, 1.82) is 0 Å². The van der Waals surface area contributed by atoms with Crippen LogP contribution in [0.5, 0.6) is 5.75 Å². The topological polar surface area (TPSA) is 26.3 Å². The summed E-state index contributed by atoms with van der Waals surface area (Å²) in [5.74, 6) is 1.59. The molecule has 1 aliphatic rings. The maximum absolute atomic E-state index is 11.7. The molecule has 1 aliphatic carbocycles. The van der Waals surface area contributed by atoms with Crippen molar-refractivity contribution in [3.05, 3.63) is 29.3 Å². The Balaban J connectivity index is 2.17. The van der Waals surface area contributed by atoms with Crippen molar-refractivity contribution in [2.75, 3.05) is 6.61 Å². The number of hydrogen-bond donors (Lipinski definition) is 0. The van der Waals surface area contributed by atoms with Gasteiger partial charge in [-0.15, -0.1) is 0 Å². The molecule has 2 rings (SSSR count). The van der Waals surface area contributed by atoms with Crippen LogP contribution in [0.25, 0.3) is 0 Å². The molecule has 0 unspecified atom stereocenters. The minimum absolute atomic E-state index is 0.260. The van der Waals surface area contributed by atoms with Crippen molar-refractivity contribution in [3.63, 3.8) is 0 Å². The minimum atomic E-state index is 0.260. The lowest BCUT2D eigenvalue weighted by molar-refractivity contribution is 0.0972. The monoisotopic (exact) mass is 218 g/mol. The normalized spacial score (nSPS) is 15.1. The van der Waals surface area contributed by atoms with Gasteiger partial charge in [-0.3, -0.25) is 4.79 Å². The quantitative estimate of drug-likeness (QED) is 0.778. The molecular formula is C14H18O2. The second-order valence-electron chi connectivity index (χ2n) is 4.80. The number of fused-ring (bicyclic) bond motifs is 1. The molecule has 0 aromatic heterocycles. The number of carbonyl (C=O) groups is 1. The minimum Gasteiger partial charge on any atom is -0.493 e. The summed E-state index contributed by atoms with van der Waals surface area (Å²) in [6.45, 7) is 4.93. The highest BCUT2D eigenvalue weighted by atomic mass is 16.5. The van der Waals surface area contributed by atoms with Crippen molar-refractivity contribution in [1.82, 2.24) is 0 Å². The van der Waals surface area contributed by atoms with E-state index in [-0.39, 0.29) is 5.78 Å². The first kappa shape index (κ1) is 11.2. The fourth-order valence-electron chi connectivity index (χ4n) is 1.96. The van der Waals surface area contributed by atoms with Gasteiger partial charge in [0.1, 0.15) is 5.75 Å². The first-order chi connectivity index (χ1) is 7.66. The Hall–Kier alpha value is -1.31. The summed E-state index contributed by atoms with van der Waals surface area (Å²) in [5.41, 5.74) is 2.04. The molecule has 1 aromatic rings. The molecule has 0 fully saturated rings. The molecule has 2 heteroatoms. The van der Waals surface area contributed by atoms with Crippen LogP contribution in [0.15, 0.2) is 18.2 Å². The molecule has 0 radical (unpaired) electrons. The third-order valence-electron chi connectivity index (χ3n) is 2.82. The van der Waals surface area contributed by atoms with Crippen molar-refractivity contribution >= 4 is 5.78 Å². The molecule has 0 amide bonds. The van der Waals surface area contributed by atoms with Gasteiger partial charge in [-0.1, -0.05) is 19.9 Å². The Morgan fingerprint density at radius 1 is 1.31 bits per heavy atom. The van der Waals surface area contributed by atoms with E-state index in [1.807, 2.05) is 18.2 Å². The first-order valence-corrected chi connectivity index (χ1v) is 5.96. The summed E-state index contributed by atoms with van der Waals surface area (Å²) in [4.78, 5) is 11.7. The molecule has 0 saturated carbocycles. The summed E-state index contributed by atoms with van der Waals surface area (Å²) in [6.07, 6.45) is 2.68. The number of aryl methyl sites for hydroxylation is 1. The highest BCUT2D eigenvalue weighted by Crippen LogP contribution is 2.25. The molecule has 0 N–H and O–H groups in total. The number of Topliss-reactive ketones (excluding diaryl/α,β-unsaturated/α-hetero) is 1. The van der Waals surface area contributed by atoms with Crippen LogP contribution in [-0.2, 0) is 6.42 Å². The van der Waals surface area contributed by atoms with Crippen molar-refractivity contribution in [2.24, 2.45) is 5.92 Å². The van der Waals surface area contributed by atoms with E-state index in [4.69, 9.17) is 4.74 Å². The molecule has 0 aliphatic heterocycles. The van der Waals surface area contributed by atoms with Crippen LogP contribution < -0.4 is 4.74 Å². The molecular weight excluding hydrogens is 200 g/mol. The number of benzene rings is 1. The van der Waals surface area contributed by atoms with Crippen molar-refractivity contribution in [2.45, 2.75) is 33.1 Å². The Kier molecular flexibility index (Phi) is 3.28. The van der Waals surface area contributed by atoms with Crippen LogP contribution >= 0.6 is 0 Å². The van der Waals surface area contributed by atoms with E-state index < -0.39 is 0 Å². The van der Waals surface area contributed by atoms with E-state index in [2.05, 4.69) is 13.8 Å². The lowest BCUT2D eigenvalue weighted by Crippen LogP contribution is -2.11. The van der Waals surface area contributed by atoms with Crippen LogP contribution in [0.2, 0.25) is 0 Å². The predicted molar refractivity (Wildman–Crippen MR) is 64.0 cm³/mol. The SMILES string of the molecule is CC(C)COc1ccc2c(c1)C(=O)CCC2. The zero-order valence-corrected chi connectivity index (χ0v) is 9.95. The van der Waals surface area contributed by atoms with Gasteiger partial charge in [-0.05, 0) is 36.5 Å². The summed E-state index contributed by atoms with van der Waals surface area (Å²) in [6, 6.07) is 5.90. The van der Waals surface area contributed by atoms with Crippen LogP contribution in [0.4, 0.5) is 0 Å². The summed E-state index contributed by atoms with van der Waals surface area (Å²) in [7, 11) is 0. The number of hydrogen-bond acceptors (Lipinski definition) is 2. The van der Waals surface area contributed by atoms with Gasteiger partial charge in [0.15, 0.2) is 5.78 Å². The van der Waals surface area contributed by atoms with Gasteiger partial charge in [-0.25, -0.2) is 0 Å². The summed E-state index contributed by atoms with van der Waals surface area (Å²) >= 11 is 0. The van der Waals surface area contributed by atoms with Gasteiger partial charge in [0.05, 0.1) is 6.61 Å². The first-order valence-electron chi connectivity index (χ1n) is 5.96. The predicted octanol–water partition coefficient (Wildman–Crippen LogP) is 3.24. The van der Waals surface area contributed by atoms with Gasteiger partial charge in [0.25, 0.3) is 0 Å². The zero-order valence-electron chi connectivity index (χ0n) is 9.95. The highest BCUT2D eigenvalue weighted by molar-refractivity contribution is 5.98. The Morgan fingerprint density at radius 2 is 2.12 bits per heavy atom. The van der Waals surface area contributed by atoms with E-state index in [9.17, 15) is 4.79 Å². The Morgan fingerprint density at radius 3 is 2.88 bits per heavy atom. The van der Waals surface area contributed by atoms with E-state index in [1.54, 1.807) is 0 Å². The Labute approximate surface area is 96.6 Å². The average molecular weight is 218 g/mol. The van der Waals surface area contributed by atoms with Crippen LogP contribution in [0.1, 0.15) is 42.6 Å². The molecule has 0 atom stereocenters. The third-order valence-corrected chi connectivity index (χ3v) is 2.82. The number of ketones is 1. The van der Waals surface area contributed by atoms with Crippen molar-refractivity contribution in [3.8, 4) is 5.75 Å². The highest BCUT2D eigenvalue weighted by Gasteiger charge is 2.17. The maximum Gasteiger partial charge on any atom is 0.163 e. The number of ether oxygens (including phenoxy) is 1. The molecule has 0 spiro atoms. The molecule has 0 saturated heterocycles. The second-order valence-corrected chi connectivity index (χ2v) is 4.80. The third kappa shape index (κ3) is 2.43. The lowest BCUT2D eigenvalue weighted by atomic mass is 9.90. The summed E-state index contributed by atoms with van der Waals surface area (Å²) < 4.78 is 5.63. The van der Waals surface area contributed by atoms with Gasteiger partial charge in [0, 0.05) is 12.0 Å². The molecule has 0 bridgehead atoms. The van der Waals surface area contributed by atoms with Crippen LogP contribution in [0.3, 0.4) is 0 Å². The van der Waals surface area contributed by atoms with Gasteiger partial charge < -0.3 is 4.74 Å². The van der Waals surface area contributed by atoms with Gasteiger partial charge in [-0.2, -0.15) is 0 Å². The molecule has 0 heterocycles. The second kappa shape index (κ2) is 4.69. The number of rotatable bonds is 3. The number of carbonyl (C=O) groups excluding carboxylic acids is 1. The van der Waals surface area contributed by atoms with E-state index in [0.29, 0.717) is 18.9 Å². The van der Waals surface area contributed by atoms with E-state index in [1.165, 1.54) is 5.56 Å². The Bertz CT molecular complexity index is 394. The van der Waals surface area contributed by atoms with Crippen LogP contribution in [0, 0.1) is 5.92 Å². The van der Waals surface area contributed by atoms with Gasteiger partial charge >= 0.3 is 0 Å². The van der Waals surface area contributed by atoms with Crippen LogP contribution in [-0.4, -0.2) is 12.4 Å². The molecule has 1 aromatic carbocycles. The van der Waals surface area contributed by atoms with Gasteiger partial charge in [0.2, 0.25) is 0 Å². The zero-order chi connectivity index (χ0) is 11.5. The lowest BCUT2D eigenvalue weighted by Gasteiger charge is -2.16. The van der Waals surface area contributed by atoms with E-state index >= 15 is 0 Å². The molecule has 2 nitrogen and oxygen atoms in total. The summed E-state index contributed by atoms with van der Waals surface area (Å²) in [5, 5.41) is 0. The molecule has 16 heavy (non-hydrogen) atoms. The molecule has 86 valence electrons. The van der Waals surface area contributed by atoms with E-state index in [0.717, 1.165) is 24.2 Å². The average Bonchev–Trinajstić information content (AvgIpc) is 2.27. The van der Waals surface area contributed by atoms with Crippen molar-refractivity contribution < 1.29 is 9.53 Å². The standard InChI is InChI=1S/C14H18O2/c1-10(2)9-16-12-7-6-11-4-3-5-14(15)13(11)8-12/h6-8,10H,3-5,9H2,1-2H3. The largest absolute Gasteiger partial charge is 0.493 e. The fraction of sp³-hybridized carbons (Fsp3) is 0.500.